The second kappa shape index (κ2) is 14.7. The van der Waals surface area contributed by atoms with Crippen LogP contribution in [0, 0.1) is 5.92 Å². The SMILES string of the molecule is CCC(C)CCCCCCCC(=O)CCOC(=O)c1cc(OC)c(OC)c(OC)c1. The molecule has 0 aromatic heterocycles. The molecular formula is C24H38O6. The van der Waals surface area contributed by atoms with Crippen LogP contribution < -0.4 is 14.2 Å². The summed E-state index contributed by atoms with van der Waals surface area (Å²) in [5.41, 5.74) is 0.286. The van der Waals surface area contributed by atoms with E-state index in [9.17, 15) is 9.59 Å². The Balaban J connectivity index is 2.30. The normalized spacial score (nSPS) is 11.6. The topological polar surface area (TPSA) is 71.1 Å². The van der Waals surface area contributed by atoms with E-state index in [-0.39, 0.29) is 24.4 Å². The molecule has 170 valence electrons. The molecule has 0 aliphatic rings. The van der Waals surface area contributed by atoms with Crippen LogP contribution in [0.2, 0.25) is 0 Å². The van der Waals surface area contributed by atoms with Crippen LogP contribution in [0.1, 0.15) is 82.0 Å². The molecule has 1 atom stereocenters. The molecule has 1 unspecified atom stereocenters. The van der Waals surface area contributed by atoms with E-state index >= 15 is 0 Å². The van der Waals surface area contributed by atoms with E-state index in [0.717, 1.165) is 18.8 Å². The fourth-order valence-corrected chi connectivity index (χ4v) is 3.21. The Morgan fingerprint density at radius 3 is 2.03 bits per heavy atom. The third-order valence-corrected chi connectivity index (χ3v) is 5.36. The first kappa shape index (κ1) is 25.8. The molecule has 1 aromatic carbocycles. The largest absolute Gasteiger partial charge is 0.493 e. The minimum Gasteiger partial charge on any atom is -0.493 e. The van der Waals surface area contributed by atoms with Gasteiger partial charge >= 0.3 is 5.97 Å². The zero-order chi connectivity index (χ0) is 22.4. The third-order valence-electron chi connectivity index (χ3n) is 5.36. The van der Waals surface area contributed by atoms with Crippen molar-refractivity contribution in [1.82, 2.24) is 0 Å². The van der Waals surface area contributed by atoms with Crippen molar-refractivity contribution in [2.75, 3.05) is 27.9 Å². The minimum absolute atomic E-state index is 0.0727. The molecule has 0 aliphatic heterocycles. The summed E-state index contributed by atoms with van der Waals surface area (Å²) >= 11 is 0. The molecule has 0 fully saturated rings. The van der Waals surface area contributed by atoms with Crippen molar-refractivity contribution in [1.29, 1.82) is 0 Å². The number of methoxy groups -OCH3 is 3. The van der Waals surface area contributed by atoms with Gasteiger partial charge in [0.15, 0.2) is 11.5 Å². The van der Waals surface area contributed by atoms with Crippen molar-refractivity contribution in [3.8, 4) is 17.2 Å². The molecule has 0 amide bonds. The van der Waals surface area contributed by atoms with Crippen LogP contribution in [0.4, 0.5) is 0 Å². The number of unbranched alkanes of at least 4 members (excludes halogenated alkanes) is 4. The summed E-state index contributed by atoms with van der Waals surface area (Å²) in [7, 11) is 4.46. The number of ether oxygens (including phenoxy) is 4. The molecule has 0 N–H and O–H groups in total. The van der Waals surface area contributed by atoms with Gasteiger partial charge in [-0.15, -0.1) is 0 Å². The van der Waals surface area contributed by atoms with Gasteiger partial charge in [-0.1, -0.05) is 52.4 Å². The van der Waals surface area contributed by atoms with Crippen molar-refractivity contribution in [2.24, 2.45) is 5.92 Å². The molecular weight excluding hydrogens is 384 g/mol. The molecule has 0 saturated carbocycles. The highest BCUT2D eigenvalue weighted by molar-refractivity contribution is 5.91. The van der Waals surface area contributed by atoms with Gasteiger partial charge in [0.2, 0.25) is 5.75 Å². The number of ketones is 1. The lowest BCUT2D eigenvalue weighted by Gasteiger charge is -2.13. The zero-order valence-corrected chi connectivity index (χ0v) is 19.3. The maximum atomic E-state index is 12.3. The molecule has 6 nitrogen and oxygen atoms in total. The van der Waals surface area contributed by atoms with E-state index in [0.29, 0.717) is 23.7 Å². The Hall–Kier alpha value is -2.24. The Morgan fingerprint density at radius 2 is 1.47 bits per heavy atom. The molecule has 0 spiro atoms. The summed E-state index contributed by atoms with van der Waals surface area (Å²) in [6.07, 6.45) is 9.02. The average Bonchev–Trinajstić information content (AvgIpc) is 2.76. The van der Waals surface area contributed by atoms with Gasteiger partial charge in [-0.25, -0.2) is 4.79 Å². The average molecular weight is 423 g/mol. The number of hydrogen-bond acceptors (Lipinski definition) is 6. The van der Waals surface area contributed by atoms with E-state index in [1.807, 2.05) is 0 Å². The third kappa shape index (κ3) is 9.06. The van der Waals surface area contributed by atoms with Gasteiger partial charge in [0, 0.05) is 12.8 Å². The first-order valence-electron chi connectivity index (χ1n) is 11.0. The minimum atomic E-state index is -0.525. The van der Waals surface area contributed by atoms with Crippen LogP contribution in [0.5, 0.6) is 17.2 Å². The summed E-state index contributed by atoms with van der Waals surface area (Å²) in [6.45, 7) is 4.61. The van der Waals surface area contributed by atoms with Crippen molar-refractivity contribution < 1.29 is 28.5 Å². The molecule has 0 bridgehead atoms. The summed E-state index contributed by atoms with van der Waals surface area (Å²) in [6, 6.07) is 3.07. The van der Waals surface area contributed by atoms with Crippen molar-refractivity contribution >= 4 is 11.8 Å². The Bertz CT molecular complexity index is 630. The number of carbonyl (C=O) groups excluding carboxylic acids is 2. The number of carbonyl (C=O) groups is 2. The summed E-state index contributed by atoms with van der Waals surface area (Å²) < 4.78 is 21.0. The first-order chi connectivity index (χ1) is 14.5. The van der Waals surface area contributed by atoms with Gasteiger partial charge in [-0.05, 0) is 24.5 Å². The predicted octanol–water partition coefficient (Wildman–Crippen LogP) is 5.61. The molecule has 0 heterocycles. The number of rotatable bonds is 16. The standard InChI is InChI=1S/C24H38O6/c1-6-18(2)12-10-8-7-9-11-13-20(25)14-15-30-24(26)19-16-21(27-3)23(29-5)22(17-19)28-4/h16-18H,6-15H2,1-5H3. The van der Waals surface area contributed by atoms with E-state index < -0.39 is 5.97 Å². The Kier molecular flexibility index (Phi) is 12.6. The van der Waals surface area contributed by atoms with E-state index in [1.54, 1.807) is 0 Å². The summed E-state index contributed by atoms with van der Waals surface area (Å²) in [5, 5.41) is 0. The first-order valence-corrected chi connectivity index (χ1v) is 11.0. The zero-order valence-electron chi connectivity index (χ0n) is 19.3. The lowest BCUT2D eigenvalue weighted by atomic mass is 9.99. The number of benzene rings is 1. The van der Waals surface area contributed by atoms with Gasteiger partial charge in [-0.2, -0.15) is 0 Å². The lowest BCUT2D eigenvalue weighted by molar-refractivity contribution is -0.119. The second-order valence-electron chi connectivity index (χ2n) is 7.66. The van der Waals surface area contributed by atoms with Crippen LogP contribution in [0.25, 0.3) is 0 Å². The van der Waals surface area contributed by atoms with Crippen LogP contribution in [-0.4, -0.2) is 39.7 Å². The van der Waals surface area contributed by atoms with Gasteiger partial charge in [0.05, 0.1) is 33.5 Å². The van der Waals surface area contributed by atoms with Gasteiger partial charge < -0.3 is 18.9 Å². The smallest absolute Gasteiger partial charge is 0.338 e. The maximum absolute atomic E-state index is 12.3. The number of esters is 1. The van der Waals surface area contributed by atoms with Gasteiger partial charge in [-0.3, -0.25) is 4.79 Å². The predicted molar refractivity (Wildman–Crippen MR) is 118 cm³/mol. The van der Waals surface area contributed by atoms with Crippen LogP contribution in [-0.2, 0) is 9.53 Å². The van der Waals surface area contributed by atoms with E-state index in [1.165, 1.54) is 65.6 Å². The Morgan fingerprint density at radius 1 is 0.867 bits per heavy atom. The van der Waals surface area contributed by atoms with Crippen molar-refractivity contribution in [3.63, 3.8) is 0 Å². The summed E-state index contributed by atoms with van der Waals surface area (Å²) in [5.74, 6) is 1.59. The molecule has 30 heavy (non-hydrogen) atoms. The Labute approximate surface area is 181 Å². The molecule has 0 aliphatic carbocycles. The van der Waals surface area contributed by atoms with Crippen molar-refractivity contribution in [2.45, 2.75) is 71.6 Å². The quantitative estimate of drug-likeness (QED) is 0.255. The molecule has 0 radical (unpaired) electrons. The van der Waals surface area contributed by atoms with Gasteiger partial charge in [0.1, 0.15) is 5.78 Å². The molecule has 1 rings (SSSR count). The highest BCUT2D eigenvalue weighted by Crippen LogP contribution is 2.38. The van der Waals surface area contributed by atoms with Crippen molar-refractivity contribution in [3.05, 3.63) is 17.7 Å². The molecule has 1 aromatic rings. The monoisotopic (exact) mass is 422 g/mol. The fraction of sp³-hybridized carbons (Fsp3) is 0.667. The van der Waals surface area contributed by atoms with Crippen LogP contribution in [0.15, 0.2) is 12.1 Å². The fourth-order valence-electron chi connectivity index (χ4n) is 3.21. The highest BCUT2D eigenvalue weighted by atomic mass is 16.5. The second-order valence-corrected chi connectivity index (χ2v) is 7.66. The summed E-state index contributed by atoms with van der Waals surface area (Å²) in [4.78, 5) is 24.3. The lowest BCUT2D eigenvalue weighted by Crippen LogP contribution is -2.11. The molecule has 6 heteroatoms. The van der Waals surface area contributed by atoms with Gasteiger partial charge in [0.25, 0.3) is 0 Å². The number of hydrogen-bond donors (Lipinski definition) is 0. The van der Waals surface area contributed by atoms with Crippen LogP contribution >= 0.6 is 0 Å². The highest BCUT2D eigenvalue weighted by Gasteiger charge is 2.18. The van der Waals surface area contributed by atoms with E-state index in [2.05, 4.69) is 13.8 Å². The molecule has 0 saturated heterocycles. The van der Waals surface area contributed by atoms with E-state index in [4.69, 9.17) is 18.9 Å². The van der Waals surface area contributed by atoms with Crippen LogP contribution in [0.3, 0.4) is 0 Å². The maximum Gasteiger partial charge on any atom is 0.338 e. The number of Topliss-reactive ketones (excluding diaryl/α,β-unsaturated/α-hetero) is 1.